The Bertz CT molecular complexity index is 1670. The fourth-order valence-electron chi connectivity index (χ4n) is 5.62. The van der Waals surface area contributed by atoms with Crippen molar-refractivity contribution in [3.63, 3.8) is 0 Å². The predicted molar refractivity (Wildman–Crippen MR) is 215 cm³/mol. The molecule has 0 saturated carbocycles. The first-order valence-electron chi connectivity index (χ1n) is 15.8. The van der Waals surface area contributed by atoms with Gasteiger partial charge in [0.1, 0.15) is 0 Å². The summed E-state index contributed by atoms with van der Waals surface area (Å²) in [5.74, 6) is 0. The number of hydrogen-bond acceptors (Lipinski definition) is 0. The third-order valence-electron chi connectivity index (χ3n) is 8.05. The molecule has 0 amide bonds. The maximum absolute atomic E-state index is 4.93. The molecule has 0 nitrogen and oxygen atoms in total. The second kappa shape index (κ2) is 17.6. The van der Waals surface area contributed by atoms with Gasteiger partial charge in [0, 0.05) is 9.52 Å². The summed E-state index contributed by atoms with van der Waals surface area (Å²) < 4.78 is 0. The molecule has 0 N–H and O–H groups in total. The molecule has 46 heavy (non-hydrogen) atoms. The average Bonchev–Trinajstić information content (AvgIpc) is 3.65. The van der Waals surface area contributed by atoms with Gasteiger partial charge in [0.2, 0.25) is 0 Å². The van der Waals surface area contributed by atoms with Crippen LogP contribution in [-0.2, 0) is 20.8 Å². The van der Waals surface area contributed by atoms with Gasteiger partial charge in [-0.25, -0.2) is 0 Å². The standard InChI is InChI=1S/2C19H21Si.C2H6Si.2ClH.Zr/c2*1-14-10-11-16-12-17(20(2,3)4)13-18(16)19(14)15-8-6-5-7-9-15;1-3-2;;;/h2*5-13H,1-4H3;1-2H3;2*1H;/q2*-1;;;;+4/p-2. The summed E-state index contributed by atoms with van der Waals surface area (Å²) in [4.78, 5) is 0. The monoisotopic (exact) mass is 772 g/mol. The molecule has 0 saturated heterocycles. The Labute approximate surface area is 301 Å². The molecule has 0 fully saturated rings. The normalized spacial score (nSPS) is 11.0. The molecule has 0 aromatic heterocycles. The van der Waals surface area contributed by atoms with Gasteiger partial charge in [-0.1, -0.05) is 135 Å². The van der Waals surface area contributed by atoms with Crippen LogP contribution in [0.1, 0.15) is 11.1 Å². The summed E-state index contributed by atoms with van der Waals surface area (Å²) in [5.41, 5.74) is 8.15. The van der Waals surface area contributed by atoms with E-state index < -0.39 is 37.0 Å². The van der Waals surface area contributed by atoms with Crippen LogP contribution in [0.25, 0.3) is 43.8 Å². The Hall–Kier alpha value is -1.79. The van der Waals surface area contributed by atoms with Gasteiger partial charge in [-0.15, -0.1) is 68.3 Å². The van der Waals surface area contributed by atoms with E-state index in [9.17, 15) is 0 Å². The maximum atomic E-state index is 4.93. The van der Waals surface area contributed by atoms with Crippen molar-refractivity contribution in [3.05, 3.63) is 120 Å². The van der Waals surface area contributed by atoms with Gasteiger partial charge in [-0.2, -0.15) is 12.1 Å². The van der Waals surface area contributed by atoms with Crippen LogP contribution >= 0.6 is 17.0 Å². The Morgan fingerprint density at radius 1 is 0.543 bits per heavy atom. The topological polar surface area (TPSA) is 0 Å². The zero-order valence-corrected chi connectivity index (χ0v) is 36.1. The van der Waals surface area contributed by atoms with E-state index in [2.05, 4.69) is 175 Å². The molecular formula is C40H48Cl2Si3Zr. The van der Waals surface area contributed by atoms with Gasteiger partial charge < -0.3 is 0 Å². The molecule has 0 aliphatic rings. The Kier molecular flexibility index (Phi) is 14.8. The third kappa shape index (κ3) is 10.1. The molecular weight excluding hydrogens is 727 g/mol. The Balaban J connectivity index is 0.000000214. The summed E-state index contributed by atoms with van der Waals surface area (Å²) >= 11 is -0.826. The molecule has 0 aliphatic heterocycles. The molecule has 0 heterocycles. The molecule has 6 aromatic carbocycles. The van der Waals surface area contributed by atoms with Crippen LogP contribution in [0.15, 0.2) is 109 Å². The van der Waals surface area contributed by atoms with Crippen molar-refractivity contribution >= 4 is 74.6 Å². The van der Waals surface area contributed by atoms with Crippen LogP contribution in [0, 0.1) is 13.8 Å². The quantitative estimate of drug-likeness (QED) is 0.124. The predicted octanol–water partition coefficient (Wildman–Crippen LogP) is 12.3. The van der Waals surface area contributed by atoms with Crippen molar-refractivity contribution in [2.24, 2.45) is 0 Å². The van der Waals surface area contributed by atoms with Crippen LogP contribution < -0.4 is 10.4 Å². The second-order valence-corrected chi connectivity index (χ2v) is 28.7. The zero-order chi connectivity index (χ0) is 34.1. The zero-order valence-electron chi connectivity index (χ0n) is 29.1. The van der Waals surface area contributed by atoms with Crippen molar-refractivity contribution < 1.29 is 20.8 Å². The Morgan fingerprint density at radius 2 is 0.848 bits per heavy atom. The van der Waals surface area contributed by atoms with Gasteiger partial charge >= 0.3 is 37.9 Å². The first-order valence-corrected chi connectivity index (χ1v) is 31.2. The van der Waals surface area contributed by atoms with Crippen LogP contribution in [0.5, 0.6) is 0 Å². The van der Waals surface area contributed by atoms with E-state index in [1.165, 1.54) is 54.9 Å². The number of rotatable bonds is 4. The molecule has 238 valence electrons. The first kappa shape index (κ1) is 38.7. The second-order valence-electron chi connectivity index (χ2n) is 13.8. The van der Waals surface area contributed by atoms with Crippen LogP contribution in [0.3, 0.4) is 0 Å². The van der Waals surface area contributed by atoms with Crippen molar-refractivity contribution in [1.82, 2.24) is 0 Å². The SMILES string of the molecule is C[Si]C.Cc1ccc2[cH-]c([Si](C)(C)C)cc2c1-c1ccccc1.Cc1ccc2[cH-]c([Si](C)(C)C)cc2c1-c1ccccc1.[Cl][Zr+2][Cl]. The fraction of sp³-hybridized carbons (Fsp3) is 0.250. The summed E-state index contributed by atoms with van der Waals surface area (Å²) in [7, 11) is 8.44. The average molecular weight is 775 g/mol. The van der Waals surface area contributed by atoms with Crippen molar-refractivity contribution in [1.29, 1.82) is 0 Å². The van der Waals surface area contributed by atoms with E-state index in [0.717, 1.165) is 9.52 Å². The van der Waals surface area contributed by atoms with E-state index >= 15 is 0 Å². The molecule has 2 radical (unpaired) electrons. The van der Waals surface area contributed by atoms with Gasteiger partial charge in [0.05, 0.1) is 16.1 Å². The van der Waals surface area contributed by atoms with E-state index in [1.807, 2.05) is 0 Å². The van der Waals surface area contributed by atoms with E-state index in [1.54, 1.807) is 10.4 Å². The number of fused-ring (bicyclic) bond motifs is 2. The fourth-order valence-corrected chi connectivity index (χ4v) is 7.96. The number of hydrogen-bond donors (Lipinski definition) is 0. The van der Waals surface area contributed by atoms with Crippen LogP contribution in [-0.4, -0.2) is 25.7 Å². The number of benzene rings is 4. The molecule has 6 aromatic rings. The minimum absolute atomic E-state index is 0.826. The van der Waals surface area contributed by atoms with Crippen molar-refractivity contribution in [2.75, 3.05) is 0 Å². The van der Waals surface area contributed by atoms with Crippen LogP contribution in [0.4, 0.5) is 0 Å². The molecule has 6 heteroatoms. The van der Waals surface area contributed by atoms with E-state index in [0.29, 0.717) is 0 Å². The number of aryl methyl sites for hydroxylation is 2. The summed E-state index contributed by atoms with van der Waals surface area (Å²) in [5, 5.41) is 8.69. The van der Waals surface area contributed by atoms with E-state index in [4.69, 9.17) is 17.0 Å². The molecule has 0 spiro atoms. The van der Waals surface area contributed by atoms with E-state index in [-0.39, 0.29) is 0 Å². The molecule has 0 unspecified atom stereocenters. The van der Waals surface area contributed by atoms with Crippen molar-refractivity contribution in [3.8, 4) is 22.3 Å². The van der Waals surface area contributed by atoms with Gasteiger partial charge in [0.15, 0.2) is 0 Å². The summed E-state index contributed by atoms with van der Waals surface area (Å²) in [6.07, 6.45) is 0. The Morgan fingerprint density at radius 3 is 1.13 bits per heavy atom. The molecule has 0 aliphatic carbocycles. The number of halogens is 2. The first-order chi connectivity index (χ1) is 21.8. The molecule has 0 bridgehead atoms. The minimum atomic E-state index is -1.26. The molecule has 6 rings (SSSR count). The van der Waals surface area contributed by atoms with Crippen molar-refractivity contribution in [2.45, 2.75) is 66.2 Å². The van der Waals surface area contributed by atoms with Gasteiger partial charge in [-0.05, 0) is 25.0 Å². The summed E-state index contributed by atoms with van der Waals surface area (Å²) in [6, 6.07) is 40.2. The third-order valence-corrected chi connectivity index (χ3v) is 12.1. The summed E-state index contributed by atoms with van der Waals surface area (Å²) in [6.45, 7) is 23.2. The molecule has 0 atom stereocenters. The van der Waals surface area contributed by atoms with Crippen LogP contribution in [0.2, 0.25) is 52.4 Å². The van der Waals surface area contributed by atoms with Gasteiger partial charge in [0.25, 0.3) is 0 Å². The van der Waals surface area contributed by atoms with Gasteiger partial charge in [-0.3, -0.25) is 0 Å².